The number of hydrogen-bond acceptors (Lipinski definition) is 1. The molecule has 0 bridgehead atoms. The van der Waals surface area contributed by atoms with Crippen LogP contribution in [0.5, 0.6) is 0 Å². The topological polar surface area (TPSA) is 29.1 Å². The van der Waals surface area contributed by atoms with Crippen LogP contribution in [0.15, 0.2) is 78.9 Å². The third-order valence-electron chi connectivity index (χ3n) is 4.12. The van der Waals surface area contributed by atoms with Crippen LogP contribution in [0.3, 0.4) is 0 Å². The summed E-state index contributed by atoms with van der Waals surface area (Å²) in [4.78, 5) is 12.2. The molecule has 3 aromatic carbocycles. The standard InChI is InChI=1S/C22H20ClNO/c23-21-11-5-4-9-19(21)10-6-16-24-22(25)20-14-12-18(13-15-20)17-7-2-1-3-8-17/h1-5,7-9,11-15H,6,10,16H2,(H,24,25). The van der Waals surface area contributed by atoms with Gasteiger partial charge in [-0.2, -0.15) is 0 Å². The molecule has 1 amide bonds. The van der Waals surface area contributed by atoms with Crippen LogP contribution in [0.1, 0.15) is 22.3 Å². The molecule has 0 aromatic heterocycles. The van der Waals surface area contributed by atoms with Crippen molar-refractivity contribution >= 4 is 17.5 Å². The summed E-state index contributed by atoms with van der Waals surface area (Å²) in [5.74, 6) is -0.0428. The molecule has 0 radical (unpaired) electrons. The number of rotatable bonds is 6. The zero-order valence-corrected chi connectivity index (χ0v) is 14.7. The van der Waals surface area contributed by atoms with Gasteiger partial charge in [0, 0.05) is 17.1 Å². The minimum atomic E-state index is -0.0428. The van der Waals surface area contributed by atoms with E-state index in [9.17, 15) is 4.79 Å². The maximum atomic E-state index is 12.2. The molecule has 3 aromatic rings. The molecule has 3 heteroatoms. The maximum Gasteiger partial charge on any atom is 0.251 e. The Balaban J connectivity index is 1.51. The van der Waals surface area contributed by atoms with Crippen molar-refractivity contribution in [3.63, 3.8) is 0 Å². The normalized spacial score (nSPS) is 10.4. The summed E-state index contributed by atoms with van der Waals surface area (Å²) in [6.45, 7) is 0.629. The van der Waals surface area contributed by atoms with Gasteiger partial charge in [-0.15, -0.1) is 0 Å². The molecule has 25 heavy (non-hydrogen) atoms. The van der Waals surface area contributed by atoms with Crippen molar-refractivity contribution in [2.75, 3.05) is 6.54 Å². The highest BCUT2D eigenvalue weighted by atomic mass is 35.5. The van der Waals surface area contributed by atoms with Gasteiger partial charge in [-0.1, -0.05) is 72.3 Å². The average Bonchev–Trinajstić information content (AvgIpc) is 2.67. The Morgan fingerprint density at radius 1 is 0.800 bits per heavy atom. The summed E-state index contributed by atoms with van der Waals surface area (Å²) >= 11 is 6.14. The summed E-state index contributed by atoms with van der Waals surface area (Å²) in [6, 6.07) is 25.6. The number of nitrogens with one attached hydrogen (secondary N) is 1. The lowest BCUT2D eigenvalue weighted by atomic mass is 10.0. The number of benzene rings is 3. The second kappa shape index (κ2) is 8.50. The Kier molecular flexibility index (Phi) is 5.86. The van der Waals surface area contributed by atoms with E-state index in [1.165, 1.54) is 0 Å². The van der Waals surface area contributed by atoms with Crippen molar-refractivity contribution in [3.05, 3.63) is 95.0 Å². The van der Waals surface area contributed by atoms with E-state index in [0.29, 0.717) is 12.1 Å². The van der Waals surface area contributed by atoms with Crippen molar-refractivity contribution in [2.24, 2.45) is 0 Å². The second-order valence-electron chi connectivity index (χ2n) is 5.89. The first kappa shape index (κ1) is 17.2. The van der Waals surface area contributed by atoms with Gasteiger partial charge in [0.2, 0.25) is 0 Å². The van der Waals surface area contributed by atoms with Crippen LogP contribution in [0, 0.1) is 0 Å². The predicted octanol–water partition coefficient (Wildman–Crippen LogP) is 5.37. The van der Waals surface area contributed by atoms with Crippen molar-refractivity contribution in [1.29, 1.82) is 0 Å². The Morgan fingerprint density at radius 2 is 1.44 bits per heavy atom. The molecule has 2 nitrogen and oxygen atoms in total. The molecule has 0 aliphatic carbocycles. The van der Waals surface area contributed by atoms with Crippen LogP contribution >= 0.6 is 11.6 Å². The highest BCUT2D eigenvalue weighted by molar-refractivity contribution is 6.31. The van der Waals surface area contributed by atoms with Gasteiger partial charge in [-0.3, -0.25) is 4.79 Å². The SMILES string of the molecule is O=C(NCCCc1ccccc1Cl)c1ccc(-c2ccccc2)cc1. The van der Waals surface area contributed by atoms with E-state index in [1.54, 1.807) is 0 Å². The van der Waals surface area contributed by atoms with E-state index in [1.807, 2.05) is 66.7 Å². The van der Waals surface area contributed by atoms with Gasteiger partial charge in [0.1, 0.15) is 0 Å². The lowest BCUT2D eigenvalue weighted by Crippen LogP contribution is -2.24. The van der Waals surface area contributed by atoms with Gasteiger partial charge < -0.3 is 5.32 Å². The third-order valence-corrected chi connectivity index (χ3v) is 4.49. The lowest BCUT2D eigenvalue weighted by Gasteiger charge is -2.07. The third kappa shape index (κ3) is 4.71. The Hall–Kier alpha value is -2.58. The van der Waals surface area contributed by atoms with E-state index in [-0.39, 0.29) is 5.91 Å². The zero-order valence-electron chi connectivity index (χ0n) is 13.9. The Labute approximate surface area is 153 Å². The largest absolute Gasteiger partial charge is 0.352 e. The van der Waals surface area contributed by atoms with Crippen LogP contribution in [0.25, 0.3) is 11.1 Å². The molecule has 0 saturated heterocycles. The van der Waals surface area contributed by atoms with E-state index in [2.05, 4.69) is 17.4 Å². The van der Waals surface area contributed by atoms with Crippen LogP contribution in [-0.4, -0.2) is 12.5 Å². The van der Waals surface area contributed by atoms with E-state index in [0.717, 1.165) is 34.6 Å². The maximum absolute atomic E-state index is 12.2. The molecule has 126 valence electrons. The smallest absolute Gasteiger partial charge is 0.251 e. The van der Waals surface area contributed by atoms with Crippen molar-refractivity contribution in [3.8, 4) is 11.1 Å². The first-order valence-electron chi connectivity index (χ1n) is 8.41. The number of amides is 1. The van der Waals surface area contributed by atoms with E-state index >= 15 is 0 Å². The minimum absolute atomic E-state index is 0.0428. The van der Waals surface area contributed by atoms with Crippen molar-refractivity contribution in [2.45, 2.75) is 12.8 Å². The summed E-state index contributed by atoms with van der Waals surface area (Å²) in [5.41, 5.74) is 4.05. The number of aryl methyl sites for hydroxylation is 1. The molecule has 0 fully saturated rings. The summed E-state index contributed by atoms with van der Waals surface area (Å²) in [7, 11) is 0. The van der Waals surface area contributed by atoms with E-state index < -0.39 is 0 Å². The monoisotopic (exact) mass is 349 g/mol. The van der Waals surface area contributed by atoms with Gasteiger partial charge in [0.15, 0.2) is 0 Å². The van der Waals surface area contributed by atoms with Gasteiger partial charge >= 0.3 is 0 Å². The molecule has 0 aliphatic rings. The summed E-state index contributed by atoms with van der Waals surface area (Å²) in [5, 5.41) is 3.75. The number of hydrogen-bond donors (Lipinski definition) is 1. The molecule has 0 aliphatic heterocycles. The van der Waals surface area contributed by atoms with Crippen molar-refractivity contribution < 1.29 is 4.79 Å². The summed E-state index contributed by atoms with van der Waals surface area (Å²) < 4.78 is 0. The Bertz CT molecular complexity index is 828. The molecule has 1 N–H and O–H groups in total. The molecule has 3 rings (SSSR count). The van der Waals surface area contributed by atoms with E-state index in [4.69, 9.17) is 11.6 Å². The lowest BCUT2D eigenvalue weighted by molar-refractivity contribution is 0.0953. The summed E-state index contributed by atoms with van der Waals surface area (Å²) in [6.07, 6.45) is 1.71. The van der Waals surface area contributed by atoms with Gasteiger partial charge in [-0.25, -0.2) is 0 Å². The fourth-order valence-corrected chi connectivity index (χ4v) is 2.96. The molecule has 0 spiro atoms. The highest BCUT2D eigenvalue weighted by Gasteiger charge is 2.06. The molecular weight excluding hydrogens is 330 g/mol. The quantitative estimate of drug-likeness (QED) is 0.595. The fourth-order valence-electron chi connectivity index (χ4n) is 2.73. The molecule has 0 heterocycles. The first-order valence-corrected chi connectivity index (χ1v) is 8.79. The average molecular weight is 350 g/mol. The molecule has 0 saturated carbocycles. The zero-order chi connectivity index (χ0) is 17.5. The fraction of sp³-hybridized carbons (Fsp3) is 0.136. The van der Waals surface area contributed by atoms with Gasteiger partial charge in [0.05, 0.1) is 0 Å². The van der Waals surface area contributed by atoms with Crippen LogP contribution < -0.4 is 5.32 Å². The van der Waals surface area contributed by atoms with Gasteiger partial charge in [0.25, 0.3) is 5.91 Å². The van der Waals surface area contributed by atoms with Crippen LogP contribution in [0.4, 0.5) is 0 Å². The van der Waals surface area contributed by atoms with Gasteiger partial charge in [-0.05, 0) is 47.7 Å². The van der Waals surface area contributed by atoms with Crippen LogP contribution in [-0.2, 0) is 6.42 Å². The molecule has 0 unspecified atom stereocenters. The first-order chi connectivity index (χ1) is 12.2. The Morgan fingerprint density at radius 3 is 2.16 bits per heavy atom. The molecular formula is C22H20ClNO. The molecule has 0 atom stereocenters. The number of carbonyl (C=O) groups is 1. The second-order valence-corrected chi connectivity index (χ2v) is 6.30. The number of halogens is 1. The van der Waals surface area contributed by atoms with Crippen molar-refractivity contribution in [1.82, 2.24) is 5.32 Å². The predicted molar refractivity (Wildman–Crippen MR) is 104 cm³/mol. The van der Waals surface area contributed by atoms with Crippen LogP contribution in [0.2, 0.25) is 5.02 Å². The minimum Gasteiger partial charge on any atom is -0.352 e. The number of carbonyl (C=O) groups excluding carboxylic acids is 1. The highest BCUT2D eigenvalue weighted by Crippen LogP contribution is 2.19.